The number of nitrogens with zero attached hydrogens (tertiary/aromatic N) is 1. The molecule has 2 atom stereocenters. The Kier molecular flexibility index (Phi) is 3.09. The van der Waals surface area contributed by atoms with E-state index in [2.05, 4.69) is 26.2 Å². The van der Waals surface area contributed by atoms with Crippen molar-refractivity contribution in [3.05, 3.63) is 22.3 Å². The zero-order valence-electron chi connectivity index (χ0n) is 9.95. The van der Waals surface area contributed by atoms with Crippen molar-refractivity contribution in [2.24, 2.45) is 0 Å². The highest BCUT2D eigenvalue weighted by atomic mass is 79.9. The van der Waals surface area contributed by atoms with Gasteiger partial charge >= 0.3 is 0 Å². The Bertz CT molecular complexity index is 412. The summed E-state index contributed by atoms with van der Waals surface area (Å²) >= 11 is 3.46. The minimum absolute atomic E-state index is 0.335. The van der Waals surface area contributed by atoms with Crippen molar-refractivity contribution in [1.82, 2.24) is 10.3 Å². The number of piperidine rings is 1. The SMILES string of the molecule is Cc1nc(OC2CC3CCC(C2)N3)ccc1Br. The van der Waals surface area contributed by atoms with E-state index < -0.39 is 0 Å². The normalized spacial score (nSPS) is 31.5. The van der Waals surface area contributed by atoms with E-state index in [9.17, 15) is 0 Å². The second-order valence-electron chi connectivity index (χ2n) is 5.07. The maximum Gasteiger partial charge on any atom is 0.213 e. The first-order valence-electron chi connectivity index (χ1n) is 6.26. The molecule has 0 aliphatic carbocycles. The number of ether oxygens (including phenoxy) is 1. The number of rotatable bonds is 2. The van der Waals surface area contributed by atoms with E-state index in [0.717, 1.165) is 28.9 Å². The summed E-state index contributed by atoms with van der Waals surface area (Å²) in [6.45, 7) is 1.99. The van der Waals surface area contributed by atoms with Gasteiger partial charge in [0.15, 0.2) is 0 Å². The van der Waals surface area contributed by atoms with Gasteiger partial charge in [-0.2, -0.15) is 0 Å². The number of fused-ring (bicyclic) bond motifs is 2. The molecular weight excluding hydrogens is 280 g/mol. The summed E-state index contributed by atoms with van der Waals surface area (Å²) < 4.78 is 7.04. The first kappa shape index (κ1) is 11.5. The minimum atomic E-state index is 0.335. The lowest BCUT2D eigenvalue weighted by Crippen LogP contribution is -2.42. The molecule has 3 nitrogen and oxygen atoms in total. The van der Waals surface area contributed by atoms with Crippen LogP contribution in [0.3, 0.4) is 0 Å². The summed E-state index contributed by atoms with van der Waals surface area (Å²) in [6.07, 6.45) is 5.18. The summed E-state index contributed by atoms with van der Waals surface area (Å²) in [6, 6.07) is 5.28. The van der Waals surface area contributed by atoms with Crippen LogP contribution in [0, 0.1) is 6.92 Å². The summed E-state index contributed by atoms with van der Waals surface area (Å²) in [5.74, 6) is 0.761. The third-order valence-electron chi connectivity index (χ3n) is 3.71. The predicted octanol–water partition coefficient (Wildman–Crippen LogP) is 2.81. The number of hydrogen-bond donors (Lipinski definition) is 1. The first-order valence-corrected chi connectivity index (χ1v) is 7.06. The summed E-state index contributed by atoms with van der Waals surface area (Å²) in [5, 5.41) is 3.62. The molecule has 3 heterocycles. The lowest BCUT2D eigenvalue weighted by Gasteiger charge is -2.29. The van der Waals surface area contributed by atoms with Crippen LogP contribution in [-0.4, -0.2) is 23.2 Å². The van der Waals surface area contributed by atoms with E-state index in [4.69, 9.17) is 4.74 Å². The van der Waals surface area contributed by atoms with Crippen molar-refractivity contribution in [3.63, 3.8) is 0 Å². The van der Waals surface area contributed by atoms with Crippen LogP contribution in [0.2, 0.25) is 0 Å². The monoisotopic (exact) mass is 296 g/mol. The maximum absolute atomic E-state index is 6.00. The lowest BCUT2D eigenvalue weighted by atomic mass is 10.0. The van der Waals surface area contributed by atoms with Gasteiger partial charge < -0.3 is 10.1 Å². The molecule has 0 spiro atoms. The molecule has 17 heavy (non-hydrogen) atoms. The molecule has 2 aliphatic rings. The van der Waals surface area contributed by atoms with Crippen molar-refractivity contribution in [3.8, 4) is 5.88 Å². The highest BCUT2D eigenvalue weighted by Crippen LogP contribution is 2.29. The van der Waals surface area contributed by atoms with Gasteiger partial charge in [0.1, 0.15) is 6.10 Å². The number of aryl methyl sites for hydroxylation is 1. The Morgan fingerprint density at radius 1 is 1.29 bits per heavy atom. The van der Waals surface area contributed by atoms with Gasteiger partial charge in [0, 0.05) is 22.6 Å². The fourth-order valence-corrected chi connectivity index (χ4v) is 3.08. The predicted molar refractivity (Wildman–Crippen MR) is 70.3 cm³/mol. The van der Waals surface area contributed by atoms with E-state index >= 15 is 0 Å². The van der Waals surface area contributed by atoms with Crippen molar-refractivity contribution in [2.45, 2.75) is 50.8 Å². The van der Waals surface area contributed by atoms with Crippen LogP contribution < -0.4 is 10.1 Å². The summed E-state index contributed by atoms with van der Waals surface area (Å²) in [7, 11) is 0. The molecule has 2 bridgehead atoms. The summed E-state index contributed by atoms with van der Waals surface area (Å²) in [5.41, 5.74) is 0.986. The number of nitrogens with one attached hydrogen (secondary N) is 1. The molecule has 3 rings (SSSR count). The van der Waals surface area contributed by atoms with Crippen LogP contribution in [0.15, 0.2) is 16.6 Å². The molecule has 2 unspecified atom stereocenters. The van der Waals surface area contributed by atoms with Crippen molar-refractivity contribution in [2.75, 3.05) is 0 Å². The molecule has 92 valence electrons. The Balaban J connectivity index is 1.68. The van der Waals surface area contributed by atoms with Gasteiger partial charge in [0.25, 0.3) is 0 Å². The van der Waals surface area contributed by atoms with Crippen LogP contribution in [0.1, 0.15) is 31.4 Å². The Morgan fingerprint density at radius 2 is 2.00 bits per heavy atom. The quantitative estimate of drug-likeness (QED) is 0.911. The van der Waals surface area contributed by atoms with Gasteiger partial charge in [-0.3, -0.25) is 0 Å². The minimum Gasteiger partial charge on any atom is -0.474 e. The molecule has 2 aliphatic heterocycles. The van der Waals surface area contributed by atoms with E-state index in [1.165, 1.54) is 12.8 Å². The Morgan fingerprint density at radius 3 is 2.65 bits per heavy atom. The van der Waals surface area contributed by atoms with E-state index in [0.29, 0.717) is 18.2 Å². The smallest absolute Gasteiger partial charge is 0.213 e. The van der Waals surface area contributed by atoms with Crippen LogP contribution in [0.4, 0.5) is 0 Å². The average molecular weight is 297 g/mol. The van der Waals surface area contributed by atoms with Crippen molar-refractivity contribution >= 4 is 15.9 Å². The highest BCUT2D eigenvalue weighted by molar-refractivity contribution is 9.10. The average Bonchev–Trinajstić information content (AvgIpc) is 2.64. The molecule has 2 fully saturated rings. The third kappa shape index (κ3) is 2.47. The number of pyridine rings is 1. The fourth-order valence-electron chi connectivity index (χ4n) is 2.86. The largest absolute Gasteiger partial charge is 0.474 e. The highest BCUT2D eigenvalue weighted by Gasteiger charge is 2.34. The fraction of sp³-hybridized carbons (Fsp3) is 0.615. The zero-order chi connectivity index (χ0) is 11.8. The molecule has 0 aromatic carbocycles. The topological polar surface area (TPSA) is 34.1 Å². The molecule has 0 amide bonds. The van der Waals surface area contributed by atoms with Crippen LogP contribution in [-0.2, 0) is 0 Å². The second kappa shape index (κ2) is 4.58. The van der Waals surface area contributed by atoms with E-state index in [1.807, 2.05) is 19.1 Å². The molecule has 2 saturated heterocycles. The number of hydrogen-bond acceptors (Lipinski definition) is 3. The summed E-state index contributed by atoms with van der Waals surface area (Å²) in [4.78, 5) is 4.45. The molecule has 0 saturated carbocycles. The Hall–Kier alpha value is -0.610. The van der Waals surface area contributed by atoms with Crippen LogP contribution in [0.5, 0.6) is 5.88 Å². The van der Waals surface area contributed by atoms with Crippen molar-refractivity contribution in [1.29, 1.82) is 0 Å². The molecule has 0 radical (unpaired) electrons. The first-order chi connectivity index (χ1) is 8.20. The second-order valence-corrected chi connectivity index (χ2v) is 5.92. The van der Waals surface area contributed by atoms with Gasteiger partial charge in [-0.15, -0.1) is 0 Å². The number of aromatic nitrogens is 1. The van der Waals surface area contributed by atoms with Gasteiger partial charge in [-0.25, -0.2) is 4.98 Å². The van der Waals surface area contributed by atoms with Crippen molar-refractivity contribution < 1.29 is 4.74 Å². The third-order valence-corrected chi connectivity index (χ3v) is 4.55. The molecular formula is C13H17BrN2O. The lowest BCUT2D eigenvalue weighted by molar-refractivity contribution is 0.131. The van der Waals surface area contributed by atoms with Gasteiger partial charge in [-0.05, 0) is 54.6 Å². The standard InChI is InChI=1S/C13H17BrN2O/c1-8-12(14)4-5-13(15-8)17-11-6-9-2-3-10(7-11)16-9/h4-5,9-11,16H,2-3,6-7H2,1H3. The van der Waals surface area contributed by atoms with Crippen LogP contribution in [0.25, 0.3) is 0 Å². The molecule has 1 aromatic heterocycles. The molecule has 1 N–H and O–H groups in total. The Labute approximate surface area is 110 Å². The van der Waals surface area contributed by atoms with E-state index in [-0.39, 0.29) is 0 Å². The van der Waals surface area contributed by atoms with Crippen LogP contribution >= 0.6 is 15.9 Å². The maximum atomic E-state index is 6.00. The van der Waals surface area contributed by atoms with Gasteiger partial charge in [-0.1, -0.05) is 0 Å². The molecule has 4 heteroatoms. The zero-order valence-corrected chi connectivity index (χ0v) is 11.5. The van der Waals surface area contributed by atoms with Gasteiger partial charge in [0.05, 0.1) is 5.69 Å². The molecule has 1 aromatic rings. The van der Waals surface area contributed by atoms with E-state index in [1.54, 1.807) is 0 Å². The number of halogens is 1. The van der Waals surface area contributed by atoms with Gasteiger partial charge in [0.2, 0.25) is 5.88 Å².